The van der Waals surface area contributed by atoms with E-state index in [-0.39, 0.29) is 6.54 Å². The molecule has 0 bridgehead atoms. The largest absolute Gasteiger partial charge is 0.401 e. The second-order valence-electron chi connectivity index (χ2n) is 3.91. The molecule has 17 heavy (non-hydrogen) atoms. The maximum Gasteiger partial charge on any atom is 0.401 e. The van der Waals surface area contributed by atoms with Crippen molar-refractivity contribution >= 4 is 5.69 Å². The first-order valence-electron chi connectivity index (χ1n) is 5.40. The number of hydrogen-bond donors (Lipinski definition) is 1. The molecule has 0 aliphatic rings. The van der Waals surface area contributed by atoms with Gasteiger partial charge in [0.25, 0.3) is 0 Å². The summed E-state index contributed by atoms with van der Waals surface area (Å²) in [5.74, 6) is 0. The van der Waals surface area contributed by atoms with Crippen molar-refractivity contribution in [3.05, 3.63) is 24.0 Å². The van der Waals surface area contributed by atoms with Crippen molar-refractivity contribution in [2.24, 2.45) is 0 Å². The molecule has 3 nitrogen and oxygen atoms in total. The van der Waals surface area contributed by atoms with Crippen LogP contribution in [0.15, 0.2) is 18.3 Å². The molecule has 1 aromatic heterocycles. The lowest BCUT2D eigenvalue weighted by Crippen LogP contribution is -2.34. The third-order valence-corrected chi connectivity index (χ3v) is 2.17. The van der Waals surface area contributed by atoms with Crippen molar-refractivity contribution in [3.8, 4) is 0 Å². The van der Waals surface area contributed by atoms with E-state index in [1.807, 2.05) is 6.92 Å². The average Bonchev–Trinajstić information content (AvgIpc) is 2.15. The van der Waals surface area contributed by atoms with E-state index in [1.165, 1.54) is 11.1 Å². The first-order chi connectivity index (χ1) is 7.90. The van der Waals surface area contributed by atoms with E-state index in [9.17, 15) is 13.2 Å². The summed E-state index contributed by atoms with van der Waals surface area (Å²) in [6, 6.07) is 3.20. The van der Waals surface area contributed by atoms with Crippen molar-refractivity contribution in [1.29, 1.82) is 0 Å². The molecular weight excluding hydrogens is 231 g/mol. The summed E-state index contributed by atoms with van der Waals surface area (Å²) in [7, 11) is 0. The predicted octanol–water partition coefficient (Wildman–Crippen LogP) is 2.44. The average molecular weight is 247 g/mol. The molecule has 0 aliphatic carbocycles. The first-order valence-corrected chi connectivity index (χ1v) is 5.40. The number of anilines is 1. The lowest BCUT2D eigenvalue weighted by Gasteiger charge is -2.22. The molecule has 0 aromatic carbocycles. The number of aromatic nitrogens is 1. The molecule has 1 aromatic rings. The van der Waals surface area contributed by atoms with Crippen molar-refractivity contribution in [2.45, 2.75) is 26.1 Å². The predicted molar refractivity (Wildman–Crippen MR) is 60.3 cm³/mol. The Bertz CT molecular complexity index is 352. The Morgan fingerprint density at radius 1 is 1.41 bits per heavy atom. The Morgan fingerprint density at radius 2 is 2.12 bits per heavy atom. The lowest BCUT2D eigenvalue weighted by atomic mass is 10.3. The minimum absolute atomic E-state index is 0.165. The summed E-state index contributed by atoms with van der Waals surface area (Å²) < 4.78 is 37.0. The fraction of sp³-hybridized carbons (Fsp3) is 0.545. The second-order valence-corrected chi connectivity index (χ2v) is 3.91. The van der Waals surface area contributed by atoms with E-state index in [2.05, 4.69) is 4.98 Å². The van der Waals surface area contributed by atoms with Gasteiger partial charge in [-0.1, -0.05) is 6.92 Å². The van der Waals surface area contributed by atoms with Gasteiger partial charge in [0.05, 0.1) is 12.2 Å². The van der Waals surface area contributed by atoms with E-state index in [0.717, 1.165) is 0 Å². The number of alkyl halides is 3. The van der Waals surface area contributed by atoms with Crippen molar-refractivity contribution in [1.82, 2.24) is 9.88 Å². The molecule has 6 heteroatoms. The van der Waals surface area contributed by atoms with Gasteiger partial charge in [-0.15, -0.1) is 0 Å². The number of halogens is 3. The van der Waals surface area contributed by atoms with E-state index in [1.54, 1.807) is 12.1 Å². The zero-order chi connectivity index (χ0) is 12.9. The third kappa shape index (κ3) is 5.53. The van der Waals surface area contributed by atoms with Crippen LogP contribution in [0.25, 0.3) is 0 Å². The van der Waals surface area contributed by atoms with Gasteiger partial charge in [-0.25, -0.2) is 0 Å². The zero-order valence-electron chi connectivity index (χ0n) is 9.67. The molecular formula is C11H16F3N3. The summed E-state index contributed by atoms with van der Waals surface area (Å²) in [4.78, 5) is 5.32. The van der Waals surface area contributed by atoms with Gasteiger partial charge in [-0.2, -0.15) is 13.2 Å². The maximum absolute atomic E-state index is 12.3. The van der Waals surface area contributed by atoms with Crippen LogP contribution in [0.1, 0.15) is 19.0 Å². The van der Waals surface area contributed by atoms with Crippen LogP contribution in [0.3, 0.4) is 0 Å². The molecule has 1 rings (SSSR count). The monoisotopic (exact) mass is 247 g/mol. The summed E-state index contributed by atoms with van der Waals surface area (Å²) in [6.07, 6.45) is -2.02. The Balaban J connectivity index is 2.66. The van der Waals surface area contributed by atoms with Crippen LogP contribution in [-0.2, 0) is 6.54 Å². The fourth-order valence-corrected chi connectivity index (χ4v) is 1.60. The summed E-state index contributed by atoms with van der Waals surface area (Å²) in [6.45, 7) is 1.47. The number of hydrogen-bond acceptors (Lipinski definition) is 3. The van der Waals surface area contributed by atoms with Gasteiger partial charge in [-0.3, -0.25) is 9.88 Å². The SMILES string of the molecule is CCCN(Cc1cc(N)ccn1)CC(F)(F)F. The molecule has 96 valence electrons. The van der Waals surface area contributed by atoms with E-state index in [4.69, 9.17) is 5.73 Å². The smallest absolute Gasteiger partial charge is 0.399 e. The van der Waals surface area contributed by atoms with Crippen LogP contribution in [0.5, 0.6) is 0 Å². The van der Waals surface area contributed by atoms with Crippen molar-refractivity contribution in [2.75, 3.05) is 18.8 Å². The number of nitrogens with zero attached hydrogens (tertiary/aromatic N) is 2. The summed E-state index contributed by atoms with van der Waals surface area (Å²) in [5.41, 5.74) is 6.63. The van der Waals surface area contributed by atoms with Gasteiger partial charge in [0.1, 0.15) is 0 Å². The number of pyridine rings is 1. The second kappa shape index (κ2) is 5.86. The molecule has 0 amide bonds. The van der Waals surface area contributed by atoms with Crippen LogP contribution >= 0.6 is 0 Å². The van der Waals surface area contributed by atoms with Crippen LogP contribution in [0.2, 0.25) is 0 Å². The summed E-state index contributed by atoms with van der Waals surface area (Å²) in [5, 5.41) is 0. The lowest BCUT2D eigenvalue weighted by molar-refractivity contribution is -0.147. The van der Waals surface area contributed by atoms with Crippen LogP contribution < -0.4 is 5.73 Å². The Kier molecular flexibility index (Phi) is 4.74. The Labute approximate surface area is 98.4 Å². The fourth-order valence-electron chi connectivity index (χ4n) is 1.60. The highest BCUT2D eigenvalue weighted by atomic mass is 19.4. The third-order valence-electron chi connectivity index (χ3n) is 2.17. The minimum Gasteiger partial charge on any atom is -0.399 e. The van der Waals surface area contributed by atoms with Gasteiger partial charge in [0.2, 0.25) is 0 Å². The van der Waals surface area contributed by atoms with Crippen molar-refractivity contribution < 1.29 is 13.2 Å². The van der Waals surface area contributed by atoms with Gasteiger partial charge >= 0.3 is 6.18 Å². The van der Waals surface area contributed by atoms with Gasteiger partial charge in [-0.05, 0) is 25.1 Å². The van der Waals surface area contributed by atoms with Gasteiger partial charge in [0.15, 0.2) is 0 Å². The molecule has 2 N–H and O–H groups in total. The van der Waals surface area contributed by atoms with Crippen LogP contribution in [0, 0.1) is 0 Å². The topological polar surface area (TPSA) is 42.1 Å². The molecule has 0 fully saturated rings. The van der Waals surface area contributed by atoms with Crippen molar-refractivity contribution in [3.63, 3.8) is 0 Å². The zero-order valence-corrected chi connectivity index (χ0v) is 9.67. The molecule has 0 unspecified atom stereocenters. The molecule has 1 heterocycles. The first kappa shape index (κ1) is 13.8. The standard InChI is InChI=1S/C11H16F3N3/c1-2-5-17(8-11(12,13)14)7-10-6-9(15)3-4-16-10/h3-4,6H,2,5,7-8H2,1H3,(H2,15,16). The normalized spacial score (nSPS) is 12.1. The summed E-state index contributed by atoms with van der Waals surface area (Å²) >= 11 is 0. The van der Waals surface area contributed by atoms with Crippen LogP contribution in [0.4, 0.5) is 18.9 Å². The molecule has 0 atom stereocenters. The number of rotatable bonds is 5. The maximum atomic E-state index is 12.3. The van der Waals surface area contributed by atoms with E-state index >= 15 is 0 Å². The highest BCUT2D eigenvalue weighted by Gasteiger charge is 2.30. The number of nitrogens with two attached hydrogens (primary N) is 1. The Morgan fingerprint density at radius 3 is 2.65 bits per heavy atom. The number of nitrogen functional groups attached to an aromatic ring is 1. The van der Waals surface area contributed by atoms with E-state index in [0.29, 0.717) is 24.3 Å². The highest BCUT2D eigenvalue weighted by Crippen LogP contribution is 2.18. The molecule has 0 spiro atoms. The molecule has 0 saturated heterocycles. The highest BCUT2D eigenvalue weighted by molar-refractivity contribution is 5.37. The quantitative estimate of drug-likeness (QED) is 0.869. The molecule has 0 radical (unpaired) electrons. The molecule has 0 aliphatic heterocycles. The van der Waals surface area contributed by atoms with Crippen LogP contribution in [-0.4, -0.2) is 29.1 Å². The van der Waals surface area contributed by atoms with E-state index < -0.39 is 12.7 Å². The molecule has 0 saturated carbocycles. The Hall–Kier alpha value is -1.30. The van der Waals surface area contributed by atoms with Gasteiger partial charge < -0.3 is 5.73 Å². The van der Waals surface area contributed by atoms with Gasteiger partial charge in [0, 0.05) is 18.4 Å². The minimum atomic E-state index is -4.19.